The molecule has 16 heavy (non-hydrogen) atoms. The molecule has 1 rings (SSSR count). The van der Waals surface area contributed by atoms with Crippen LogP contribution in [0.2, 0.25) is 0 Å². The average molecular weight is 219 g/mol. The van der Waals surface area contributed by atoms with E-state index in [9.17, 15) is 5.26 Å². The zero-order chi connectivity index (χ0) is 12.0. The largest absolute Gasteiger partial charge is 0.312 e. The Morgan fingerprint density at radius 3 is 2.44 bits per heavy atom. The lowest BCUT2D eigenvalue weighted by atomic mass is 9.79. The molecular formula is C13H21N3. The van der Waals surface area contributed by atoms with Crippen molar-refractivity contribution >= 4 is 0 Å². The Bertz CT molecular complexity index is 293. The van der Waals surface area contributed by atoms with Crippen molar-refractivity contribution in [1.82, 2.24) is 5.32 Å². The molecule has 2 unspecified atom stereocenters. The quantitative estimate of drug-likeness (QED) is 0.790. The zero-order valence-corrected chi connectivity index (χ0v) is 10.3. The van der Waals surface area contributed by atoms with Crippen molar-refractivity contribution in [3.05, 3.63) is 0 Å². The fourth-order valence-corrected chi connectivity index (χ4v) is 2.09. The van der Waals surface area contributed by atoms with Gasteiger partial charge in [-0.3, -0.25) is 0 Å². The highest BCUT2D eigenvalue weighted by Gasteiger charge is 2.32. The Morgan fingerprint density at radius 1 is 1.31 bits per heavy atom. The van der Waals surface area contributed by atoms with Crippen LogP contribution in [0.25, 0.3) is 0 Å². The number of nitriles is 2. The first-order valence-corrected chi connectivity index (χ1v) is 6.16. The average Bonchev–Trinajstić information content (AvgIpc) is 2.36. The molecule has 3 nitrogen and oxygen atoms in total. The lowest BCUT2D eigenvalue weighted by Gasteiger charge is -2.29. The molecule has 1 aliphatic rings. The van der Waals surface area contributed by atoms with Gasteiger partial charge < -0.3 is 5.32 Å². The predicted molar refractivity (Wildman–Crippen MR) is 63.4 cm³/mol. The predicted octanol–water partition coefficient (Wildman–Crippen LogP) is 2.60. The highest BCUT2D eigenvalue weighted by molar-refractivity contribution is 5.07. The van der Waals surface area contributed by atoms with Crippen LogP contribution in [-0.2, 0) is 0 Å². The first kappa shape index (κ1) is 13.0. The third-order valence-corrected chi connectivity index (χ3v) is 3.77. The SMILES string of the molecule is CC(C#N)C(C)(C#N)CNC1CCCCC1. The lowest BCUT2D eigenvalue weighted by molar-refractivity contribution is 0.282. The van der Waals surface area contributed by atoms with E-state index < -0.39 is 5.41 Å². The van der Waals surface area contributed by atoms with Crippen molar-refractivity contribution in [2.24, 2.45) is 11.3 Å². The van der Waals surface area contributed by atoms with Gasteiger partial charge in [0.15, 0.2) is 0 Å². The summed E-state index contributed by atoms with van der Waals surface area (Å²) >= 11 is 0. The highest BCUT2D eigenvalue weighted by atomic mass is 14.9. The summed E-state index contributed by atoms with van der Waals surface area (Å²) < 4.78 is 0. The second kappa shape index (κ2) is 5.87. The van der Waals surface area contributed by atoms with E-state index in [0.717, 1.165) is 0 Å². The van der Waals surface area contributed by atoms with Gasteiger partial charge >= 0.3 is 0 Å². The van der Waals surface area contributed by atoms with Crippen LogP contribution in [-0.4, -0.2) is 12.6 Å². The van der Waals surface area contributed by atoms with E-state index in [1.165, 1.54) is 32.1 Å². The highest BCUT2D eigenvalue weighted by Crippen LogP contribution is 2.26. The van der Waals surface area contributed by atoms with Crippen LogP contribution in [0.4, 0.5) is 0 Å². The van der Waals surface area contributed by atoms with E-state index >= 15 is 0 Å². The topological polar surface area (TPSA) is 59.6 Å². The van der Waals surface area contributed by atoms with Gasteiger partial charge in [0.05, 0.1) is 23.5 Å². The molecule has 0 amide bonds. The van der Waals surface area contributed by atoms with Gasteiger partial charge in [-0.05, 0) is 26.7 Å². The molecule has 1 aliphatic carbocycles. The van der Waals surface area contributed by atoms with Crippen molar-refractivity contribution in [3.8, 4) is 12.1 Å². The smallest absolute Gasteiger partial charge is 0.0824 e. The number of hydrogen-bond donors (Lipinski definition) is 1. The number of hydrogen-bond acceptors (Lipinski definition) is 3. The van der Waals surface area contributed by atoms with Crippen LogP contribution >= 0.6 is 0 Å². The molecule has 88 valence electrons. The number of nitrogens with zero attached hydrogens (tertiary/aromatic N) is 2. The Morgan fingerprint density at radius 2 is 1.94 bits per heavy atom. The molecule has 1 fully saturated rings. The van der Waals surface area contributed by atoms with E-state index in [-0.39, 0.29) is 5.92 Å². The van der Waals surface area contributed by atoms with Gasteiger partial charge in [0.2, 0.25) is 0 Å². The van der Waals surface area contributed by atoms with Gasteiger partial charge in [-0.25, -0.2) is 0 Å². The van der Waals surface area contributed by atoms with E-state index in [4.69, 9.17) is 5.26 Å². The molecule has 0 spiro atoms. The molecule has 0 aliphatic heterocycles. The minimum Gasteiger partial charge on any atom is -0.312 e. The fourth-order valence-electron chi connectivity index (χ4n) is 2.09. The van der Waals surface area contributed by atoms with Gasteiger partial charge in [0.25, 0.3) is 0 Å². The molecule has 0 aromatic heterocycles. The molecule has 0 aromatic rings. The maximum atomic E-state index is 9.18. The van der Waals surface area contributed by atoms with Gasteiger partial charge in [-0.2, -0.15) is 10.5 Å². The number of rotatable bonds is 4. The normalized spacial score (nSPS) is 22.8. The molecular weight excluding hydrogens is 198 g/mol. The van der Waals surface area contributed by atoms with Crippen LogP contribution in [0.3, 0.4) is 0 Å². The van der Waals surface area contributed by atoms with Crippen LogP contribution in [0, 0.1) is 34.0 Å². The van der Waals surface area contributed by atoms with E-state index in [1.807, 2.05) is 13.8 Å². The third kappa shape index (κ3) is 3.22. The maximum Gasteiger partial charge on any atom is 0.0824 e. The third-order valence-electron chi connectivity index (χ3n) is 3.77. The minimum absolute atomic E-state index is 0.228. The molecule has 0 saturated heterocycles. The van der Waals surface area contributed by atoms with E-state index in [1.54, 1.807) is 0 Å². The minimum atomic E-state index is -0.563. The van der Waals surface area contributed by atoms with E-state index in [2.05, 4.69) is 17.5 Å². The van der Waals surface area contributed by atoms with Crippen molar-refractivity contribution in [3.63, 3.8) is 0 Å². The summed E-state index contributed by atoms with van der Waals surface area (Å²) in [6.07, 6.45) is 6.33. The summed E-state index contributed by atoms with van der Waals surface area (Å²) in [5.74, 6) is -0.228. The molecule has 0 bridgehead atoms. The first-order chi connectivity index (χ1) is 7.62. The monoisotopic (exact) mass is 219 g/mol. The van der Waals surface area contributed by atoms with E-state index in [0.29, 0.717) is 12.6 Å². The molecule has 2 atom stereocenters. The zero-order valence-electron chi connectivity index (χ0n) is 10.3. The number of nitrogens with one attached hydrogen (secondary N) is 1. The van der Waals surface area contributed by atoms with Crippen LogP contribution in [0.15, 0.2) is 0 Å². The van der Waals surface area contributed by atoms with Gasteiger partial charge in [0, 0.05) is 12.6 Å². The Kier molecular flexibility index (Phi) is 4.77. The maximum absolute atomic E-state index is 9.18. The van der Waals surface area contributed by atoms with Crippen molar-refractivity contribution in [2.45, 2.75) is 52.0 Å². The summed E-state index contributed by atoms with van der Waals surface area (Å²) in [6.45, 7) is 4.32. The van der Waals surface area contributed by atoms with Crippen molar-refractivity contribution in [1.29, 1.82) is 10.5 Å². The summed E-state index contributed by atoms with van der Waals surface area (Å²) in [6, 6.07) is 5.01. The van der Waals surface area contributed by atoms with Crippen LogP contribution in [0.5, 0.6) is 0 Å². The summed E-state index contributed by atoms with van der Waals surface area (Å²) in [7, 11) is 0. The first-order valence-electron chi connectivity index (χ1n) is 6.16. The Hall–Kier alpha value is -1.06. The molecule has 0 aromatic carbocycles. The Labute approximate surface area is 98.4 Å². The molecule has 3 heteroatoms. The van der Waals surface area contributed by atoms with Gasteiger partial charge in [-0.1, -0.05) is 19.3 Å². The molecule has 0 heterocycles. The molecule has 0 radical (unpaired) electrons. The van der Waals surface area contributed by atoms with Crippen LogP contribution < -0.4 is 5.32 Å². The summed E-state index contributed by atoms with van der Waals surface area (Å²) in [5.41, 5.74) is -0.563. The molecule has 1 saturated carbocycles. The second-order valence-electron chi connectivity index (χ2n) is 5.10. The van der Waals surface area contributed by atoms with Crippen molar-refractivity contribution < 1.29 is 0 Å². The lowest BCUT2D eigenvalue weighted by Crippen LogP contribution is -2.41. The van der Waals surface area contributed by atoms with Gasteiger partial charge in [-0.15, -0.1) is 0 Å². The van der Waals surface area contributed by atoms with Crippen molar-refractivity contribution in [2.75, 3.05) is 6.54 Å². The summed E-state index contributed by atoms with van der Waals surface area (Å²) in [5, 5.41) is 21.5. The van der Waals surface area contributed by atoms with Gasteiger partial charge in [0.1, 0.15) is 0 Å². The molecule has 1 N–H and O–H groups in total. The summed E-state index contributed by atoms with van der Waals surface area (Å²) in [4.78, 5) is 0. The standard InChI is InChI=1S/C13H21N3/c1-11(8-14)13(2,9-15)10-16-12-6-4-3-5-7-12/h11-12,16H,3-7,10H2,1-2H3. The Balaban J connectivity index is 2.45. The fraction of sp³-hybridized carbons (Fsp3) is 0.846. The van der Waals surface area contributed by atoms with Crippen LogP contribution in [0.1, 0.15) is 46.0 Å². The second-order valence-corrected chi connectivity index (χ2v) is 5.10.